The van der Waals surface area contributed by atoms with Gasteiger partial charge < -0.3 is 4.74 Å². The molecule has 3 aliphatic rings. The fourth-order valence-electron chi connectivity index (χ4n) is 4.46. The van der Waals surface area contributed by atoms with Crippen molar-refractivity contribution in [1.82, 2.24) is 19.6 Å². The minimum absolute atomic E-state index is 0.0807. The zero-order chi connectivity index (χ0) is 17.1. The minimum atomic E-state index is 0.0807. The van der Waals surface area contributed by atoms with Gasteiger partial charge in [-0.25, -0.2) is 4.68 Å². The van der Waals surface area contributed by atoms with Crippen LogP contribution in [0.5, 0.6) is 0 Å². The molecule has 4 rings (SSSR count). The predicted octanol–water partition coefficient (Wildman–Crippen LogP) is 0.919. The third kappa shape index (κ3) is 4.13. The molecule has 138 valence electrons. The van der Waals surface area contributed by atoms with Crippen LogP contribution in [0.15, 0.2) is 10.9 Å². The van der Waals surface area contributed by atoms with Crippen molar-refractivity contribution in [2.75, 3.05) is 45.9 Å². The zero-order valence-electron chi connectivity index (χ0n) is 15.2. The van der Waals surface area contributed by atoms with Gasteiger partial charge in [0.2, 0.25) is 0 Å². The first-order valence-electron chi connectivity index (χ1n) is 9.94. The highest BCUT2D eigenvalue weighted by Crippen LogP contribution is 2.20. The first kappa shape index (κ1) is 17.2. The van der Waals surface area contributed by atoms with Crippen LogP contribution in [0.3, 0.4) is 0 Å². The number of nitrogens with zero attached hydrogens (tertiary/aromatic N) is 4. The average molecular weight is 346 g/mol. The Kier molecular flexibility index (Phi) is 5.48. The van der Waals surface area contributed by atoms with Gasteiger partial charge in [-0.15, -0.1) is 0 Å². The highest BCUT2D eigenvalue weighted by molar-refractivity contribution is 5.22. The molecular formula is C19H30N4O2. The molecule has 1 unspecified atom stereocenters. The molecule has 3 heterocycles. The lowest BCUT2D eigenvalue weighted by atomic mass is 10.2. The Morgan fingerprint density at radius 1 is 1.08 bits per heavy atom. The van der Waals surface area contributed by atoms with Crippen LogP contribution in [0.4, 0.5) is 0 Å². The zero-order valence-corrected chi connectivity index (χ0v) is 15.2. The van der Waals surface area contributed by atoms with Gasteiger partial charge in [0.15, 0.2) is 0 Å². The van der Waals surface area contributed by atoms with Gasteiger partial charge in [0.05, 0.1) is 18.8 Å². The van der Waals surface area contributed by atoms with E-state index in [1.165, 1.54) is 18.4 Å². The Morgan fingerprint density at radius 2 is 2.04 bits per heavy atom. The molecule has 0 bridgehead atoms. The van der Waals surface area contributed by atoms with Crippen molar-refractivity contribution in [2.45, 2.75) is 51.1 Å². The Labute approximate surface area is 149 Å². The number of likely N-dealkylation sites (tertiary alicyclic amines) is 1. The normalized spacial score (nSPS) is 25.2. The lowest BCUT2D eigenvalue weighted by molar-refractivity contribution is 0.135. The summed E-state index contributed by atoms with van der Waals surface area (Å²) in [5.74, 6) is 0. The van der Waals surface area contributed by atoms with Crippen LogP contribution in [0.1, 0.15) is 36.9 Å². The molecule has 6 heteroatoms. The quantitative estimate of drug-likeness (QED) is 0.794. The van der Waals surface area contributed by atoms with Gasteiger partial charge in [-0.05, 0) is 50.6 Å². The van der Waals surface area contributed by atoms with Crippen molar-refractivity contribution >= 4 is 0 Å². The standard InChI is InChI=1S/C19H30N4O2/c24-19-14-16-4-1-6-18(16)20-23(19)15-17-5-2-8-22(17)10-9-21-7-3-12-25-13-11-21/h14,17H,1-13,15H2. The molecular weight excluding hydrogens is 316 g/mol. The summed E-state index contributed by atoms with van der Waals surface area (Å²) >= 11 is 0. The number of rotatable bonds is 5. The number of hydrogen-bond acceptors (Lipinski definition) is 5. The minimum Gasteiger partial charge on any atom is -0.380 e. The van der Waals surface area contributed by atoms with E-state index in [0.717, 1.165) is 83.9 Å². The molecule has 0 amide bonds. The molecule has 0 radical (unpaired) electrons. The molecule has 2 fully saturated rings. The van der Waals surface area contributed by atoms with Gasteiger partial charge in [-0.3, -0.25) is 14.6 Å². The van der Waals surface area contributed by atoms with Crippen molar-refractivity contribution < 1.29 is 4.74 Å². The van der Waals surface area contributed by atoms with Crippen molar-refractivity contribution in [3.8, 4) is 0 Å². The molecule has 25 heavy (non-hydrogen) atoms. The van der Waals surface area contributed by atoms with E-state index in [4.69, 9.17) is 4.74 Å². The van der Waals surface area contributed by atoms with E-state index < -0.39 is 0 Å². The van der Waals surface area contributed by atoms with Gasteiger partial charge in [-0.1, -0.05) is 0 Å². The monoisotopic (exact) mass is 346 g/mol. The van der Waals surface area contributed by atoms with E-state index in [0.29, 0.717) is 6.04 Å². The molecule has 0 N–H and O–H groups in total. The third-order valence-electron chi connectivity index (χ3n) is 5.92. The largest absolute Gasteiger partial charge is 0.380 e. The summed E-state index contributed by atoms with van der Waals surface area (Å²) in [5, 5.41) is 4.66. The van der Waals surface area contributed by atoms with Gasteiger partial charge in [0, 0.05) is 44.9 Å². The van der Waals surface area contributed by atoms with Gasteiger partial charge in [-0.2, -0.15) is 5.10 Å². The number of fused-ring (bicyclic) bond motifs is 1. The van der Waals surface area contributed by atoms with Crippen molar-refractivity contribution in [1.29, 1.82) is 0 Å². The molecule has 0 spiro atoms. The lowest BCUT2D eigenvalue weighted by Crippen LogP contribution is -2.42. The fraction of sp³-hybridized carbons (Fsp3) is 0.789. The summed E-state index contributed by atoms with van der Waals surface area (Å²) in [7, 11) is 0. The second-order valence-corrected chi connectivity index (χ2v) is 7.63. The molecule has 1 aromatic rings. The number of hydrogen-bond donors (Lipinski definition) is 0. The van der Waals surface area contributed by atoms with E-state index in [1.54, 1.807) is 4.68 Å². The predicted molar refractivity (Wildman–Crippen MR) is 97.0 cm³/mol. The van der Waals surface area contributed by atoms with E-state index in [-0.39, 0.29) is 5.56 Å². The fourth-order valence-corrected chi connectivity index (χ4v) is 4.46. The molecule has 1 aromatic heterocycles. The SMILES string of the molecule is O=c1cc2c(nn1CC1CCCN1CCN1CCCOCC1)CCC2. The van der Waals surface area contributed by atoms with E-state index >= 15 is 0 Å². The van der Waals surface area contributed by atoms with Crippen molar-refractivity contribution in [3.05, 3.63) is 27.7 Å². The second kappa shape index (κ2) is 7.98. The van der Waals surface area contributed by atoms with Crippen LogP contribution in [0, 0.1) is 0 Å². The first-order chi connectivity index (χ1) is 12.3. The van der Waals surface area contributed by atoms with E-state index in [2.05, 4.69) is 14.9 Å². The van der Waals surface area contributed by atoms with Crippen molar-refractivity contribution in [2.24, 2.45) is 0 Å². The van der Waals surface area contributed by atoms with Gasteiger partial charge >= 0.3 is 0 Å². The van der Waals surface area contributed by atoms with Crippen LogP contribution in [-0.4, -0.2) is 71.6 Å². The van der Waals surface area contributed by atoms with Crippen LogP contribution in [0.2, 0.25) is 0 Å². The summed E-state index contributed by atoms with van der Waals surface area (Å²) < 4.78 is 7.27. The molecule has 2 saturated heterocycles. The highest BCUT2D eigenvalue weighted by atomic mass is 16.5. The van der Waals surface area contributed by atoms with E-state index in [9.17, 15) is 4.79 Å². The third-order valence-corrected chi connectivity index (χ3v) is 5.92. The molecule has 2 aliphatic heterocycles. The summed E-state index contributed by atoms with van der Waals surface area (Å²) in [6, 6.07) is 2.28. The van der Waals surface area contributed by atoms with Gasteiger partial charge in [0.25, 0.3) is 5.56 Å². The van der Waals surface area contributed by atoms with Crippen molar-refractivity contribution in [3.63, 3.8) is 0 Å². The average Bonchev–Trinajstić information content (AvgIpc) is 3.16. The molecule has 1 atom stereocenters. The summed E-state index contributed by atoms with van der Waals surface area (Å²) in [5.41, 5.74) is 2.40. The first-order valence-corrected chi connectivity index (χ1v) is 9.94. The molecule has 6 nitrogen and oxygen atoms in total. The maximum atomic E-state index is 12.4. The van der Waals surface area contributed by atoms with Crippen LogP contribution >= 0.6 is 0 Å². The maximum Gasteiger partial charge on any atom is 0.267 e. The smallest absolute Gasteiger partial charge is 0.267 e. The number of aryl methyl sites for hydroxylation is 2. The van der Waals surface area contributed by atoms with Crippen LogP contribution in [0.25, 0.3) is 0 Å². The Hall–Kier alpha value is -1.24. The van der Waals surface area contributed by atoms with Gasteiger partial charge in [0.1, 0.15) is 0 Å². The number of aromatic nitrogens is 2. The second-order valence-electron chi connectivity index (χ2n) is 7.63. The molecule has 0 saturated carbocycles. The number of ether oxygens (including phenoxy) is 1. The Balaban J connectivity index is 1.36. The van der Waals surface area contributed by atoms with Crippen LogP contribution < -0.4 is 5.56 Å². The molecule has 1 aliphatic carbocycles. The van der Waals surface area contributed by atoms with E-state index in [1.807, 2.05) is 6.07 Å². The Bertz CT molecular complexity index is 637. The molecule has 0 aromatic carbocycles. The summed E-state index contributed by atoms with van der Waals surface area (Å²) in [6.45, 7) is 8.03. The topological polar surface area (TPSA) is 50.6 Å². The highest BCUT2D eigenvalue weighted by Gasteiger charge is 2.26. The summed E-state index contributed by atoms with van der Waals surface area (Å²) in [4.78, 5) is 17.5. The Morgan fingerprint density at radius 3 is 3.00 bits per heavy atom. The van der Waals surface area contributed by atoms with Crippen LogP contribution in [-0.2, 0) is 24.1 Å². The maximum absolute atomic E-state index is 12.4. The lowest BCUT2D eigenvalue weighted by Gasteiger charge is -2.28. The summed E-state index contributed by atoms with van der Waals surface area (Å²) in [6.07, 6.45) is 6.73.